The van der Waals surface area contributed by atoms with Crippen LogP contribution in [0.5, 0.6) is 0 Å². The maximum atomic E-state index is 10.9. The molecular formula is C27H31Br3N8O6. The van der Waals surface area contributed by atoms with Crippen molar-refractivity contribution in [3.05, 3.63) is 97.4 Å². The fourth-order valence-electron chi connectivity index (χ4n) is 3.59. The Hall–Kier alpha value is -3.54. The summed E-state index contributed by atoms with van der Waals surface area (Å²) in [4.78, 5) is 44.5. The Labute approximate surface area is 278 Å². The molecule has 0 saturated carbocycles. The molecule has 44 heavy (non-hydrogen) atoms. The minimum atomic E-state index is -0.696. The van der Waals surface area contributed by atoms with E-state index in [0.717, 1.165) is 28.9 Å². The van der Waals surface area contributed by atoms with Crippen molar-refractivity contribution in [3.63, 3.8) is 0 Å². The second-order valence-electron chi connectivity index (χ2n) is 9.28. The average molecular weight is 803 g/mol. The predicted octanol–water partition coefficient (Wildman–Crippen LogP) is 6.74. The minimum absolute atomic E-state index is 0.0278. The van der Waals surface area contributed by atoms with Crippen LogP contribution in [-0.4, -0.2) is 68.3 Å². The van der Waals surface area contributed by atoms with Crippen LogP contribution < -0.4 is 5.56 Å². The van der Waals surface area contributed by atoms with Gasteiger partial charge in [0, 0.05) is 72.0 Å². The number of aromatic amines is 2. The molecule has 1 saturated heterocycles. The Kier molecular flexibility index (Phi) is 14.7. The first-order chi connectivity index (χ1) is 20.8. The zero-order valence-corrected chi connectivity index (χ0v) is 29.3. The Morgan fingerprint density at radius 3 is 2.02 bits per heavy atom. The van der Waals surface area contributed by atoms with Crippen molar-refractivity contribution in [1.82, 2.24) is 24.9 Å². The normalized spacial score (nSPS) is 12.0. The Morgan fingerprint density at radius 1 is 0.932 bits per heavy atom. The lowest BCUT2D eigenvalue weighted by atomic mass is 10.2. The van der Waals surface area contributed by atoms with Gasteiger partial charge in [0.1, 0.15) is 5.69 Å². The lowest BCUT2D eigenvalue weighted by Gasteiger charge is -2.05. The number of fused-ring (bicyclic) bond motifs is 1. The second kappa shape index (κ2) is 17.7. The van der Waals surface area contributed by atoms with Gasteiger partial charge in [-0.25, -0.2) is 0 Å². The number of aromatic nitrogens is 4. The van der Waals surface area contributed by atoms with E-state index >= 15 is 0 Å². The van der Waals surface area contributed by atoms with Crippen molar-refractivity contribution in [1.29, 1.82) is 0 Å². The van der Waals surface area contributed by atoms with Gasteiger partial charge in [0.2, 0.25) is 0 Å². The van der Waals surface area contributed by atoms with Crippen LogP contribution in [0.25, 0.3) is 10.9 Å². The summed E-state index contributed by atoms with van der Waals surface area (Å²) in [7, 11) is 3.48. The van der Waals surface area contributed by atoms with Gasteiger partial charge in [-0.1, -0.05) is 0 Å². The molecule has 0 radical (unpaired) electrons. The number of ether oxygens (including phenoxy) is 1. The van der Waals surface area contributed by atoms with Gasteiger partial charge in [-0.05, 0) is 87.5 Å². The first kappa shape index (κ1) is 36.7. The molecule has 0 atom stereocenters. The molecule has 0 aliphatic carbocycles. The average Bonchev–Trinajstić information content (AvgIpc) is 3.70. The van der Waals surface area contributed by atoms with E-state index in [1.54, 1.807) is 26.0 Å². The number of rotatable bonds is 4. The summed E-state index contributed by atoms with van der Waals surface area (Å²) in [6.45, 7) is 7.10. The molecule has 4 aromatic heterocycles. The van der Waals surface area contributed by atoms with E-state index in [-0.39, 0.29) is 5.69 Å². The van der Waals surface area contributed by atoms with Crippen molar-refractivity contribution in [2.24, 2.45) is 5.10 Å². The number of H-pyrrole nitrogens is 2. The minimum Gasteiger partial charge on any atom is -0.381 e. The van der Waals surface area contributed by atoms with E-state index in [4.69, 9.17) is 4.74 Å². The molecule has 0 unspecified atom stereocenters. The lowest BCUT2D eigenvalue weighted by molar-refractivity contribution is -0.387. The number of pyridine rings is 3. The van der Waals surface area contributed by atoms with Crippen LogP contribution in [0, 0.1) is 41.0 Å². The van der Waals surface area contributed by atoms with Gasteiger partial charge in [0.05, 0.1) is 37.3 Å². The van der Waals surface area contributed by atoms with Crippen LogP contribution in [0.15, 0.2) is 54.2 Å². The topological polar surface area (TPSA) is 186 Å². The number of hydrazone groups is 1. The number of halogens is 3. The highest BCUT2D eigenvalue weighted by molar-refractivity contribution is 9.11. The highest BCUT2D eigenvalue weighted by Gasteiger charge is 2.20. The highest BCUT2D eigenvalue weighted by atomic mass is 79.9. The van der Waals surface area contributed by atoms with Gasteiger partial charge >= 0.3 is 11.2 Å². The Bertz CT molecular complexity index is 1640. The molecule has 0 aromatic carbocycles. The van der Waals surface area contributed by atoms with Crippen LogP contribution in [0.4, 0.5) is 11.4 Å². The number of hydrogen-bond acceptors (Lipinski definition) is 10. The molecule has 0 amide bonds. The van der Waals surface area contributed by atoms with Crippen LogP contribution >= 0.6 is 47.8 Å². The van der Waals surface area contributed by atoms with Gasteiger partial charge in [-0.15, -0.1) is 0 Å². The molecule has 0 spiro atoms. The molecule has 2 N–H and O–H groups in total. The Morgan fingerprint density at radius 2 is 1.52 bits per heavy atom. The third kappa shape index (κ3) is 10.6. The van der Waals surface area contributed by atoms with Crippen molar-refractivity contribution in [3.8, 4) is 0 Å². The largest absolute Gasteiger partial charge is 0.381 e. The quantitative estimate of drug-likeness (QED) is 0.128. The molecule has 14 nitrogen and oxygen atoms in total. The molecule has 0 bridgehead atoms. The van der Waals surface area contributed by atoms with Crippen molar-refractivity contribution in [2.45, 2.75) is 33.6 Å². The van der Waals surface area contributed by atoms with E-state index in [1.165, 1.54) is 43.8 Å². The summed E-state index contributed by atoms with van der Waals surface area (Å²) in [6.07, 6.45) is 10.6. The van der Waals surface area contributed by atoms with Gasteiger partial charge in [-0.2, -0.15) is 5.10 Å². The SMILES string of the molecule is C1CCOC1.Cc1c(Br)c[nH]c(=O)c1[N+](=O)[O-].Cc1ncc(Br)c(/C=N/N(C)C)c1[N+](=O)[O-].Cc1ncc(Br)c2cc[nH]c12. The van der Waals surface area contributed by atoms with Gasteiger partial charge in [-0.3, -0.25) is 35.0 Å². The van der Waals surface area contributed by atoms with Crippen molar-refractivity contribution >= 4 is 76.3 Å². The smallest absolute Gasteiger partial charge is 0.337 e. The molecule has 17 heteroatoms. The van der Waals surface area contributed by atoms with Crippen LogP contribution in [0.3, 0.4) is 0 Å². The number of nitrogens with one attached hydrogen (secondary N) is 2. The highest BCUT2D eigenvalue weighted by Crippen LogP contribution is 2.27. The number of nitro groups is 2. The van der Waals surface area contributed by atoms with Crippen LogP contribution in [0.1, 0.15) is 35.4 Å². The predicted molar refractivity (Wildman–Crippen MR) is 179 cm³/mol. The summed E-state index contributed by atoms with van der Waals surface area (Å²) in [5, 5.41) is 28.0. The maximum absolute atomic E-state index is 10.9. The van der Waals surface area contributed by atoms with Crippen molar-refractivity contribution in [2.75, 3.05) is 27.3 Å². The number of aryl methyl sites for hydroxylation is 2. The third-order valence-electron chi connectivity index (χ3n) is 5.83. The number of nitrogens with zero attached hydrogens (tertiary/aromatic N) is 6. The molecule has 5 rings (SSSR count). The standard InChI is InChI=1S/C9H11BrN4O2.C8H7BrN2.C6H5BrN2O3.C4H8O/c1-6-9(14(15)16)7(4-12-13(2)3)8(10)5-11-6;1-5-8-6(2-3-10-8)7(9)4-11-5;1-3-4(7)2-8-6(10)5(3)9(11)12;1-2-4-5-3-1/h4-5H,1-3H3;2-4,10H,1H3;2H,1H3,(H,8,10);1-4H2/b12-4+;;;. The molecule has 1 aliphatic rings. The van der Waals surface area contributed by atoms with E-state index < -0.39 is 21.1 Å². The zero-order valence-electron chi connectivity index (χ0n) is 24.6. The zero-order chi connectivity index (χ0) is 33.0. The molecule has 1 fully saturated rings. The molecular weight excluding hydrogens is 772 g/mol. The molecule has 1 aliphatic heterocycles. The first-order valence-electron chi connectivity index (χ1n) is 12.9. The van der Waals surface area contributed by atoms with Crippen LogP contribution in [-0.2, 0) is 4.74 Å². The third-order valence-corrected chi connectivity index (χ3v) is 7.92. The second-order valence-corrected chi connectivity index (χ2v) is 11.8. The molecule has 236 valence electrons. The summed E-state index contributed by atoms with van der Waals surface area (Å²) in [6, 6.07) is 2.04. The maximum Gasteiger partial charge on any atom is 0.337 e. The fraction of sp³-hybridized carbons (Fsp3) is 0.333. The van der Waals surface area contributed by atoms with E-state index in [0.29, 0.717) is 25.8 Å². The van der Waals surface area contributed by atoms with E-state index in [1.807, 2.05) is 25.4 Å². The Balaban J connectivity index is 0.000000216. The van der Waals surface area contributed by atoms with Crippen molar-refractivity contribution < 1.29 is 14.6 Å². The van der Waals surface area contributed by atoms with E-state index in [2.05, 4.69) is 72.8 Å². The lowest BCUT2D eigenvalue weighted by Crippen LogP contribution is -2.12. The summed E-state index contributed by atoms with van der Waals surface area (Å²) in [5.41, 5.74) is 2.15. The number of hydrogen-bond donors (Lipinski definition) is 2. The summed E-state index contributed by atoms with van der Waals surface area (Å²) >= 11 is 9.72. The monoisotopic (exact) mass is 800 g/mol. The van der Waals surface area contributed by atoms with Gasteiger partial charge in [0.25, 0.3) is 5.69 Å². The summed E-state index contributed by atoms with van der Waals surface area (Å²) in [5.74, 6) is 0. The first-order valence-corrected chi connectivity index (χ1v) is 15.3. The van der Waals surface area contributed by atoms with Gasteiger partial charge < -0.3 is 19.7 Å². The molecule has 4 aromatic rings. The fourth-order valence-corrected chi connectivity index (χ4v) is 4.72. The van der Waals surface area contributed by atoms with E-state index in [9.17, 15) is 25.0 Å². The van der Waals surface area contributed by atoms with Gasteiger partial charge in [0.15, 0.2) is 0 Å². The summed E-state index contributed by atoms with van der Waals surface area (Å²) < 4.78 is 7.06. The molecule has 5 heterocycles. The van der Waals surface area contributed by atoms with Crippen LogP contribution in [0.2, 0.25) is 0 Å².